The van der Waals surface area contributed by atoms with Gasteiger partial charge in [0.1, 0.15) is 0 Å². The quantitative estimate of drug-likeness (QED) is 0.852. The first-order chi connectivity index (χ1) is 9.82. The number of hydrogen-bond donors (Lipinski definition) is 1. The Morgan fingerprint density at radius 2 is 2.05 bits per heavy atom. The molecular formula is C13H12BrNO4S2. The third-order valence-electron chi connectivity index (χ3n) is 2.81. The molecule has 1 heterocycles. The highest BCUT2D eigenvalue weighted by molar-refractivity contribution is 9.10. The van der Waals surface area contributed by atoms with E-state index in [2.05, 4.69) is 15.9 Å². The van der Waals surface area contributed by atoms with Gasteiger partial charge >= 0.3 is 5.97 Å². The van der Waals surface area contributed by atoms with E-state index in [-0.39, 0.29) is 17.0 Å². The average molecular weight is 390 g/mol. The molecule has 0 aliphatic heterocycles. The summed E-state index contributed by atoms with van der Waals surface area (Å²) in [6, 6.07) is 7.43. The van der Waals surface area contributed by atoms with Gasteiger partial charge in [-0.05, 0) is 34.1 Å². The zero-order chi connectivity index (χ0) is 15.6. The Bertz CT molecular complexity index is 770. The lowest BCUT2D eigenvalue weighted by Gasteiger charge is -2.17. The zero-order valence-electron chi connectivity index (χ0n) is 11.0. The molecule has 0 spiro atoms. The Morgan fingerprint density at radius 3 is 2.62 bits per heavy atom. The van der Waals surface area contributed by atoms with Crippen molar-refractivity contribution >= 4 is 43.3 Å². The molecule has 1 N–H and O–H groups in total. The van der Waals surface area contributed by atoms with E-state index in [0.29, 0.717) is 0 Å². The Balaban J connectivity index is 2.35. The highest BCUT2D eigenvalue weighted by atomic mass is 79.9. The largest absolute Gasteiger partial charge is 0.478 e. The first-order valence-electron chi connectivity index (χ1n) is 5.84. The molecule has 2 rings (SSSR count). The van der Waals surface area contributed by atoms with E-state index < -0.39 is 16.0 Å². The summed E-state index contributed by atoms with van der Waals surface area (Å²) in [4.78, 5) is 11.8. The number of carboxylic acids is 1. The van der Waals surface area contributed by atoms with Crippen molar-refractivity contribution in [1.29, 1.82) is 0 Å². The number of nitrogens with zero attached hydrogens (tertiary/aromatic N) is 1. The van der Waals surface area contributed by atoms with Crippen LogP contribution in [-0.2, 0) is 16.6 Å². The standard InChI is InChI=1S/C13H12BrNO4S2/c1-15(7-10-6-9(14)8-20-10)21(18,19)12-5-3-2-4-11(12)13(16)17/h2-6,8H,7H2,1H3,(H,16,17). The minimum Gasteiger partial charge on any atom is -0.478 e. The van der Waals surface area contributed by atoms with Gasteiger partial charge in [0.25, 0.3) is 0 Å². The predicted molar refractivity (Wildman–Crippen MR) is 84.1 cm³/mol. The van der Waals surface area contributed by atoms with E-state index in [1.165, 1.54) is 42.6 Å². The van der Waals surface area contributed by atoms with Gasteiger partial charge in [0, 0.05) is 28.3 Å². The molecule has 1 aromatic heterocycles. The van der Waals surface area contributed by atoms with E-state index >= 15 is 0 Å². The summed E-state index contributed by atoms with van der Waals surface area (Å²) in [5.74, 6) is -1.26. The lowest BCUT2D eigenvalue weighted by Crippen LogP contribution is -2.27. The number of carboxylic acid groups (broad SMARTS) is 1. The molecule has 0 amide bonds. The molecule has 2 aromatic rings. The first kappa shape index (κ1) is 16.2. The summed E-state index contributed by atoms with van der Waals surface area (Å²) in [5.41, 5.74) is -0.225. The van der Waals surface area contributed by atoms with Crippen molar-refractivity contribution in [2.24, 2.45) is 0 Å². The van der Waals surface area contributed by atoms with Gasteiger partial charge in [0.05, 0.1) is 10.5 Å². The van der Waals surface area contributed by atoms with Gasteiger partial charge in [0.15, 0.2) is 0 Å². The molecule has 0 unspecified atom stereocenters. The average Bonchev–Trinajstić information content (AvgIpc) is 2.84. The molecule has 0 atom stereocenters. The second kappa shape index (κ2) is 6.27. The van der Waals surface area contributed by atoms with Crippen molar-refractivity contribution in [3.05, 3.63) is 50.6 Å². The highest BCUT2D eigenvalue weighted by Crippen LogP contribution is 2.25. The van der Waals surface area contributed by atoms with Gasteiger partial charge in [-0.3, -0.25) is 0 Å². The number of hydrogen-bond acceptors (Lipinski definition) is 4. The molecule has 0 aliphatic rings. The SMILES string of the molecule is CN(Cc1cc(Br)cs1)S(=O)(=O)c1ccccc1C(=O)O. The Morgan fingerprint density at radius 1 is 1.38 bits per heavy atom. The number of benzene rings is 1. The fourth-order valence-corrected chi connectivity index (χ4v) is 4.69. The van der Waals surface area contributed by atoms with Crippen molar-refractivity contribution in [2.75, 3.05) is 7.05 Å². The van der Waals surface area contributed by atoms with Crippen LogP contribution in [0, 0.1) is 0 Å². The van der Waals surface area contributed by atoms with Crippen LogP contribution >= 0.6 is 27.3 Å². The summed E-state index contributed by atoms with van der Waals surface area (Å²) in [7, 11) is -2.43. The number of rotatable bonds is 5. The second-order valence-corrected chi connectivity index (χ2v) is 8.22. The Kier molecular flexibility index (Phi) is 4.82. The van der Waals surface area contributed by atoms with Crippen LogP contribution in [0.3, 0.4) is 0 Å². The minimum atomic E-state index is -3.86. The molecule has 112 valence electrons. The summed E-state index contributed by atoms with van der Waals surface area (Å²) >= 11 is 4.74. The summed E-state index contributed by atoms with van der Waals surface area (Å²) < 4.78 is 27.1. The molecule has 5 nitrogen and oxygen atoms in total. The molecule has 1 aromatic carbocycles. The normalized spacial score (nSPS) is 11.8. The number of sulfonamides is 1. The lowest BCUT2D eigenvalue weighted by molar-refractivity contribution is 0.0692. The van der Waals surface area contributed by atoms with Crippen molar-refractivity contribution in [2.45, 2.75) is 11.4 Å². The maximum absolute atomic E-state index is 12.5. The van der Waals surface area contributed by atoms with Crippen LogP contribution in [0.4, 0.5) is 0 Å². The van der Waals surface area contributed by atoms with Crippen LogP contribution in [0.15, 0.2) is 45.1 Å². The molecule has 0 bridgehead atoms. The maximum Gasteiger partial charge on any atom is 0.337 e. The van der Waals surface area contributed by atoms with Gasteiger partial charge in [-0.1, -0.05) is 12.1 Å². The molecule has 0 fully saturated rings. The third kappa shape index (κ3) is 3.52. The first-order valence-corrected chi connectivity index (χ1v) is 8.95. The monoisotopic (exact) mass is 389 g/mol. The minimum absolute atomic E-state index is 0.187. The summed E-state index contributed by atoms with van der Waals surface area (Å²) in [6.45, 7) is 0.187. The van der Waals surface area contributed by atoms with Crippen molar-refractivity contribution in [3.63, 3.8) is 0 Å². The lowest BCUT2D eigenvalue weighted by atomic mass is 10.2. The van der Waals surface area contributed by atoms with Crippen molar-refractivity contribution in [1.82, 2.24) is 4.31 Å². The van der Waals surface area contributed by atoms with E-state index in [9.17, 15) is 13.2 Å². The molecule has 21 heavy (non-hydrogen) atoms. The summed E-state index contributed by atoms with van der Waals surface area (Å²) in [6.07, 6.45) is 0. The number of aromatic carboxylic acids is 1. The molecule has 0 saturated heterocycles. The van der Waals surface area contributed by atoms with Crippen LogP contribution in [0.2, 0.25) is 0 Å². The van der Waals surface area contributed by atoms with E-state index in [0.717, 1.165) is 13.7 Å². The fourth-order valence-electron chi connectivity index (χ4n) is 1.78. The van der Waals surface area contributed by atoms with Crippen LogP contribution in [0.1, 0.15) is 15.2 Å². The van der Waals surface area contributed by atoms with Crippen LogP contribution in [0.25, 0.3) is 0 Å². The predicted octanol–water partition coefficient (Wildman–Crippen LogP) is 3.03. The van der Waals surface area contributed by atoms with Crippen molar-refractivity contribution < 1.29 is 18.3 Å². The third-order valence-corrected chi connectivity index (χ3v) is 6.35. The smallest absolute Gasteiger partial charge is 0.337 e. The number of halogens is 1. The van der Waals surface area contributed by atoms with E-state index in [1.807, 2.05) is 11.4 Å². The van der Waals surface area contributed by atoms with Gasteiger partial charge in [-0.15, -0.1) is 11.3 Å². The van der Waals surface area contributed by atoms with E-state index in [4.69, 9.17) is 5.11 Å². The zero-order valence-corrected chi connectivity index (χ0v) is 14.2. The second-order valence-electron chi connectivity index (χ2n) is 4.29. The Labute approximate surface area is 135 Å². The highest BCUT2D eigenvalue weighted by Gasteiger charge is 2.26. The van der Waals surface area contributed by atoms with Crippen molar-refractivity contribution in [3.8, 4) is 0 Å². The van der Waals surface area contributed by atoms with E-state index in [1.54, 1.807) is 0 Å². The number of carbonyl (C=O) groups is 1. The van der Waals surface area contributed by atoms with Gasteiger partial charge in [-0.2, -0.15) is 4.31 Å². The Hall–Kier alpha value is -1.22. The van der Waals surface area contributed by atoms with Gasteiger partial charge < -0.3 is 5.11 Å². The topological polar surface area (TPSA) is 74.7 Å². The van der Waals surface area contributed by atoms with Gasteiger partial charge in [-0.25, -0.2) is 13.2 Å². The van der Waals surface area contributed by atoms with Crippen LogP contribution in [0.5, 0.6) is 0 Å². The molecule has 0 radical (unpaired) electrons. The molecule has 8 heteroatoms. The molecule has 0 aliphatic carbocycles. The molecular weight excluding hydrogens is 378 g/mol. The fraction of sp³-hybridized carbons (Fsp3) is 0.154. The maximum atomic E-state index is 12.5. The van der Waals surface area contributed by atoms with Crippen LogP contribution in [-0.4, -0.2) is 30.8 Å². The van der Waals surface area contributed by atoms with Gasteiger partial charge in [0.2, 0.25) is 10.0 Å². The summed E-state index contributed by atoms with van der Waals surface area (Å²) in [5, 5.41) is 11.0. The molecule has 0 saturated carbocycles. The number of thiophene rings is 1. The van der Waals surface area contributed by atoms with Crippen LogP contribution < -0.4 is 0 Å².